The van der Waals surface area contributed by atoms with Gasteiger partial charge in [-0.3, -0.25) is 4.90 Å². The van der Waals surface area contributed by atoms with E-state index in [-0.39, 0.29) is 17.9 Å². The monoisotopic (exact) mass is 351 g/mol. The van der Waals surface area contributed by atoms with Crippen molar-refractivity contribution in [1.82, 2.24) is 4.90 Å². The van der Waals surface area contributed by atoms with Gasteiger partial charge in [-0.25, -0.2) is 9.59 Å². The van der Waals surface area contributed by atoms with Crippen LogP contribution in [0.4, 0.5) is 4.79 Å². The second kappa shape index (κ2) is 8.07. The average Bonchev–Trinajstić information content (AvgIpc) is 2.75. The van der Waals surface area contributed by atoms with E-state index in [4.69, 9.17) is 9.47 Å². The van der Waals surface area contributed by atoms with E-state index in [1.807, 2.05) is 47.6 Å². The van der Waals surface area contributed by atoms with Gasteiger partial charge in [0.25, 0.3) is 0 Å². The van der Waals surface area contributed by atoms with Crippen LogP contribution in [0.25, 0.3) is 0 Å². The molecule has 1 fully saturated rings. The topological polar surface area (TPSA) is 55.8 Å². The third-order valence-corrected chi connectivity index (χ3v) is 3.92. The number of rotatable bonds is 5. The molecule has 1 saturated heterocycles. The van der Waals surface area contributed by atoms with Gasteiger partial charge < -0.3 is 9.47 Å². The highest BCUT2D eigenvalue weighted by Crippen LogP contribution is 2.37. The number of amides is 1. The predicted octanol–water partition coefficient (Wildman–Crippen LogP) is 4.47. The molecular formula is C20H33NO4. The molecule has 0 saturated carbocycles. The Morgan fingerprint density at radius 3 is 1.96 bits per heavy atom. The van der Waals surface area contributed by atoms with Gasteiger partial charge in [0.05, 0.1) is 0 Å². The maximum atomic E-state index is 12.8. The summed E-state index contributed by atoms with van der Waals surface area (Å²) in [6, 6.07) is -0.799. The Balaban J connectivity index is 3.16. The number of hydrogen-bond acceptors (Lipinski definition) is 4. The summed E-state index contributed by atoms with van der Waals surface area (Å²) < 4.78 is 11.1. The second-order valence-electron chi connectivity index (χ2n) is 8.55. The predicted molar refractivity (Wildman–Crippen MR) is 99.2 cm³/mol. The Hall–Kier alpha value is -1.78. The third kappa shape index (κ3) is 6.22. The molecule has 0 aromatic heterocycles. The van der Waals surface area contributed by atoms with Crippen molar-refractivity contribution < 1.29 is 19.1 Å². The van der Waals surface area contributed by atoms with E-state index < -0.39 is 23.3 Å². The summed E-state index contributed by atoms with van der Waals surface area (Å²) in [5, 5.41) is 0. The first-order valence-electron chi connectivity index (χ1n) is 8.85. The van der Waals surface area contributed by atoms with E-state index in [0.717, 1.165) is 6.42 Å². The fraction of sp³-hybridized carbons (Fsp3) is 0.700. The number of esters is 1. The Kier molecular flexibility index (Phi) is 6.86. The average molecular weight is 351 g/mol. The maximum absolute atomic E-state index is 12.8. The van der Waals surface area contributed by atoms with Gasteiger partial charge in [0.15, 0.2) is 0 Å². The fourth-order valence-electron chi connectivity index (χ4n) is 3.12. The van der Waals surface area contributed by atoms with Crippen LogP contribution in [0.2, 0.25) is 0 Å². The van der Waals surface area contributed by atoms with Crippen LogP contribution in [0, 0.1) is 5.92 Å². The van der Waals surface area contributed by atoms with Crippen LogP contribution in [-0.2, 0) is 14.3 Å². The molecule has 0 aromatic carbocycles. The van der Waals surface area contributed by atoms with Gasteiger partial charge in [0.1, 0.15) is 17.2 Å². The molecule has 1 aliphatic heterocycles. The van der Waals surface area contributed by atoms with Gasteiger partial charge in [-0.15, -0.1) is 13.2 Å². The number of likely N-dealkylation sites (tertiary alicyclic amines) is 1. The zero-order chi connectivity index (χ0) is 19.4. The molecule has 1 rings (SSSR count). The van der Waals surface area contributed by atoms with Gasteiger partial charge >= 0.3 is 12.1 Å². The molecule has 0 radical (unpaired) electrons. The van der Waals surface area contributed by atoms with E-state index in [0.29, 0.717) is 12.8 Å². The van der Waals surface area contributed by atoms with Crippen LogP contribution in [-0.4, -0.2) is 40.2 Å². The molecule has 0 N–H and O–H groups in total. The zero-order valence-electron chi connectivity index (χ0n) is 16.5. The highest BCUT2D eigenvalue weighted by molar-refractivity contribution is 5.83. The Morgan fingerprint density at radius 2 is 1.52 bits per heavy atom. The summed E-state index contributed by atoms with van der Waals surface area (Å²) in [5.41, 5.74) is -1.24. The van der Waals surface area contributed by atoms with Crippen molar-refractivity contribution in [3.8, 4) is 0 Å². The molecule has 1 aliphatic rings. The number of nitrogens with zero attached hydrogens (tertiary/aromatic N) is 1. The van der Waals surface area contributed by atoms with E-state index in [2.05, 4.69) is 13.2 Å². The van der Waals surface area contributed by atoms with Gasteiger partial charge in [-0.05, 0) is 66.7 Å². The van der Waals surface area contributed by atoms with Crippen LogP contribution in [0.3, 0.4) is 0 Å². The normalized spacial score (nSPS) is 23.9. The minimum absolute atomic E-state index is 0.125. The molecule has 5 nitrogen and oxygen atoms in total. The SMILES string of the molecule is C=CC[C@@H]1C[C@@H](C(=O)OC(C)(C)C)N(C(=O)OC(C)(C)C)[C@H]1CC=C. The van der Waals surface area contributed by atoms with Crippen molar-refractivity contribution >= 4 is 12.1 Å². The zero-order valence-corrected chi connectivity index (χ0v) is 16.5. The summed E-state index contributed by atoms with van der Waals surface area (Å²) in [6.45, 7) is 18.5. The van der Waals surface area contributed by atoms with Gasteiger partial charge in [0, 0.05) is 6.04 Å². The van der Waals surface area contributed by atoms with Crippen molar-refractivity contribution in [1.29, 1.82) is 0 Å². The van der Waals surface area contributed by atoms with E-state index in [1.54, 1.807) is 11.0 Å². The Labute approximate surface area is 152 Å². The lowest BCUT2D eigenvalue weighted by molar-refractivity contribution is -0.160. The quantitative estimate of drug-likeness (QED) is 0.541. The molecule has 0 spiro atoms. The molecule has 25 heavy (non-hydrogen) atoms. The van der Waals surface area contributed by atoms with Crippen molar-refractivity contribution in [2.75, 3.05) is 0 Å². The van der Waals surface area contributed by atoms with Gasteiger partial charge in [0.2, 0.25) is 0 Å². The summed E-state index contributed by atoms with van der Waals surface area (Å²) in [6.07, 6.45) is 4.97. The van der Waals surface area contributed by atoms with Gasteiger partial charge in [-0.1, -0.05) is 12.2 Å². The van der Waals surface area contributed by atoms with E-state index in [1.165, 1.54) is 0 Å². The van der Waals surface area contributed by atoms with Crippen LogP contribution in [0.5, 0.6) is 0 Å². The summed E-state index contributed by atoms with van der Waals surface area (Å²) in [7, 11) is 0. The van der Waals surface area contributed by atoms with Crippen LogP contribution in [0.1, 0.15) is 60.8 Å². The lowest BCUT2D eigenvalue weighted by Gasteiger charge is -2.33. The molecule has 5 heteroatoms. The highest BCUT2D eigenvalue weighted by Gasteiger charge is 2.48. The van der Waals surface area contributed by atoms with E-state index in [9.17, 15) is 9.59 Å². The molecule has 1 heterocycles. The number of ether oxygens (including phenoxy) is 2. The molecule has 0 bridgehead atoms. The highest BCUT2D eigenvalue weighted by atomic mass is 16.6. The summed E-state index contributed by atoms with van der Waals surface area (Å²) >= 11 is 0. The Bertz CT molecular complexity index is 513. The van der Waals surface area contributed by atoms with Crippen molar-refractivity contribution in [3.63, 3.8) is 0 Å². The molecule has 142 valence electrons. The number of allylic oxidation sites excluding steroid dienone is 1. The van der Waals surface area contributed by atoms with Crippen molar-refractivity contribution in [2.45, 2.75) is 84.1 Å². The first-order valence-corrected chi connectivity index (χ1v) is 8.85. The third-order valence-electron chi connectivity index (χ3n) is 3.92. The largest absolute Gasteiger partial charge is 0.458 e. The lowest BCUT2D eigenvalue weighted by Crippen LogP contribution is -2.49. The first-order chi connectivity index (χ1) is 11.4. The summed E-state index contributed by atoms with van der Waals surface area (Å²) in [4.78, 5) is 27.1. The second-order valence-corrected chi connectivity index (χ2v) is 8.55. The van der Waals surface area contributed by atoms with Crippen LogP contribution >= 0.6 is 0 Å². The van der Waals surface area contributed by atoms with Crippen molar-refractivity contribution in [2.24, 2.45) is 5.92 Å². The number of carbonyl (C=O) groups is 2. The summed E-state index contributed by atoms with van der Waals surface area (Å²) in [5.74, 6) is -0.264. The molecule has 3 atom stereocenters. The maximum Gasteiger partial charge on any atom is 0.411 e. The standard InChI is InChI=1S/C20H33NO4/c1-9-11-14-13-16(17(22)24-19(3,4)5)21(15(14)12-10-2)18(23)25-20(6,7)8/h9-10,14-16H,1-2,11-13H2,3-8H3/t14-,15+,16+/m1/s1. The molecular weight excluding hydrogens is 318 g/mol. The minimum Gasteiger partial charge on any atom is -0.458 e. The lowest BCUT2D eigenvalue weighted by atomic mass is 9.93. The minimum atomic E-state index is -0.649. The van der Waals surface area contributed by atoms with Gasteiger partial charge in [-0.2, -0.15) is 0 Å². The fourth-order valence-corrected chi connectivity index (χ4v) is 3.12. The first kappa shape index (κ1) is 21.3. The molecule has 0 unspecified atom stereocenters. The smallest absolute Gasteiger partial charge is 0.411 e. The molecule has 0 aromatic rings. The van der Waals surface area contributed by atoms with E-state index >= 15 is 0 Å². The Morgan fingerprint density at radius 1 is 1.00 bits per heavy atom. The van der Waals surface area contributed by atoms with Crippen LogP contribution < -0.4 is 0 Å². The van der Waals surface area contributed by atoms with Crippen LogP contribution in [0.15, 0.2) is 25.3 Å². The van der Waals surface area contributed by atoms with Crippen molar-refractivity contribution in [3.05, 3.63) is 25.3 Å². The molecule has 1 amide bonds. The molecule has 0 aliphatic carbocycles. The number of hydrogen-bond donors (Lipinski definition) is 0. The number of carbonyl (C=O) groups excluding carboxylic acids is 2.